The van der Waals surface area contributed by atoms with E-state index in [4.69, 9.17) is 4.74 Å². The molecule has 7 heteroatoms. The molecular weight excluding hydrogens is 256 g/mol. The number of likely N-dealkylation sites (N-methyl/N-ethyl adjacent to an activating group) is 1. The zero-order chi connectivity index (χ0) is 13.8. The minimum absolute atomic E-state index is 0.0117. The second-order valence-electron chi connectivity index (χ2n) is 4.87. The lowest BCUT2D eigenvalue weighted by molar-refractivity contribution is 0.123. The summed E-state index contributed by atoms with van der Waals surface area (Å²) in [7, 11) is 0.414. The molecule has 1 aliphatic rings. The molecule has 1 fully saturated rings. The standard InChI is InChI=1S/C11H22N2O4S/c1-9(7-17-3)13(2)11(14)12-6-10-4-5-18(15,16)8-10/h9-10H,4-8H2,1-3H3,(H,12,14)/t9-,10-/m0/s1. The molecule has 1 heterocycles. The fraction of sp³-hybridized carbons (Fsp3) is 0.909. The number of hydrogen-bond acceptors (Lipinski definition) is 4. The van der Waals surface area contributed by atoms with Crippen molar-refractivity contribution in [2.45, 2.75) is 19.4 Å². The topological polar surface area (TPSA) is 75.7 Å². The van der Waals surface area contributed by atoms with Gasteiger partial charge in [-0.05, 0) is 19.3 Å². The normalized spacial score (nSPS) is 23.6. The van der Waals surface area contributed by atoms with Crippen LogP contribution in [0.5, 0.6) is 0 Å². The van der Waals surface area contributed by atoms with Crippen molar-refractivity contribution in [2.75, 3.05) is 38.8 Å². The summed E-state index contributed by atoms with van der Waals surface area (Å²) in [6.07, 6.45) is 0.639. The van der Waals surface area contributed by atoms with Crippen LogP contribution in [0.2, 0.25) is 0 Å². The van der Waals surface area contributed by atoms with Gasteiger partial charge in [0, 0.05) is 20.7 Å². The molecule has 1 N–H and O–H groups in total. The van der Waals surface area contributed by atoms with Crippen molar-refractivity contribution in [1.29, 1.82) is 0 Å². The highest BCUT2D eigenvalue weighted by atomic mass is 32.2. The Labute approximate surface area is 109 Å². The van der Waals surface area contributed by atoms with E-state index in [2.05, 4.69) is 5.32 Å². The molecule has 0 saturated carbocycles. The lowest BCUT2D eigenvalue weighted by Crippen LogP contribution is -2.45. The molecule has 0 aromatic carbocycles. The lowest BCUT2D eigenvalue weighted by Gasteiger charge is -2.25. The number of rotatable bonds is 5. The summed E-state index contributed by atoms with van der Waals surface area (Å²) in [6, 6.07) is -0.203. The average molecular weight is 278 g/mol. The third-order valence-electron chi connectivity index (χ3n) is 3.26. The molecule has 1 saturated heterocycles. The van der Waals surface area contributed by atoms with Crippen LogP contribution in [0.4, 0.5) is 4.79 Å². The molecule has 0 unspecified atom stereocenters. The Balaban J connectivity index is 2.33. The minimum Gasteiger partial charge on any atom is -0.383 e. The smallest absolute Gasteiger partial charge is 0.317 e. The van der Waals surface area contributed by atoms with Crippen molar-refractivity contribution in [3.63, 3.8) is 0 Å². The van der Waals surface area contributed by atoms with E-state index in [0.717, 1.165) is 0 Å². The summed E-state index contributed by atoms with van der Waals surface area (Å²) in [5.41, 5.74) is 0. The number of amides is 2. The molecule has 0 bridgehead atoms. The first-order chi connectivity index (χ1) is 8.35. The monoisotopic (exact) mass is 278 g/mol. The average Bonchev–Trinajstić information content (AvgIpc) is 2.65. The predicted molar refractivity (Wildman–Crippen MR) is 69.3 cm³/mol. The van der Waals surface area contributed by atoms with E-state index < -0.39 is 9.84 Å². The van der Waals surface area contributed by atoms with Crippen molar-refractivity contribution in [2.24, 2.45) is 5.92 Å². The number of carbonyl (C=O) groups is 1. The minimum atomic E-state index is -2.87. The molecule has 2 atom stereocenters. The predicted octanol–water partition coefficient (Wildman–Crippen LogP) is 0.0974. The highest BCUT2D eigenvalue weighted by molar-refractivity contribution is 7.91. The van der Waals surface area contributed by atoms with Crippen LogP contribution in [0.1, 0.15) is 13.3 Å². The number of ether oxygens (including phenoxy) is 1. The Morgan fingerprint density at radius 3 is 2.72 bits per heavy atom. The van der Waals surface area contributed by atoms with Crippen LogP contribution < -0.4 is 5.32 Å². The van der Waals surface area contributed by atoms with Gasteiger partial charge in [0.25, 0.3) is 0 Å². The molecule has 2 amide bonds. The Morgan fingerprint density at radius 1 is 1.56 bits per heavy atom. The summed E-state index contributed by atoms with van der Waals surface area (Å²) in [5, 5.41) is 2.77. The van der Waals surface area contributed by atoms with Crippen LogP contribution in [-0.2, 0) is 14.6 Å². The third kappa shape index (κ3) is 4.45. The van der Waals surface area contributed by atoms with Crippen LogP contribution in [-0.4, -0.2) is 64.2 Å². The number of sulfone groups is 1. The highest BCUT2D eigenvalue weighted by Crippen LogP contribution is 2.17. The number of methoxy groups -OCH3 is 1. The fourth-order valence-electron chi connectivity index (χ4n) is 1.94. The molecule has 18 heavy (non-hydrogen) atoms. The van der Waals surface area contributed by atoms with E-state index in [1.807, 2.05) is 6.92 Å². The molecule has 0 aromatic heterocycles. The summed E-state index contributed by atoms with van der Waals surface area (Å²) < 4.78 is 27.5. The molecule has 1 aliphatic heterocycles. The van der Waals surface area contributed by atoms with Crippen molar-refractivity contribution in [3.8, 4) is 0 Å². The van der Waals surface area contributed by atoms with Crippen molar-refractivity contribution in [1.82, 2.24) is 10.2 Å². The van der Waals surface area contributed by atoms with Gasteiger partial charge >= 0.3 is 6.03 Å². The zero-order valence-electron chi connectivity index (χ0n) is 11.2. The highest BCUT2D eigenvalue weighted by Gasteiger charge is 2.28. The van der Waals surface area contributed by atoms with Gasteiger partial charge in [-0.2, -0.15) is 0 Å². The summed E-state index contributed by atoms with van der Waals surface area (Å²) >= 11 is 0. The maximum Gasteiger partial charge on any atom is 0.317 e. The van der Waals surface area contributed by atoms with Gasteiger partial charge in [-0.1, -0.05) is 0 Å². The van der Waals surface area contributed by atoms with Gasteiger partial charge < -0.3 is 15.0 Å². The van der Waals surface area contributed by atoms with Crippen molar-refractivity contribution < 1.29 is 17.9 Å². The van der Waals surface area contributed by atoms with Crippen LogP contribution in [0, 0.1) is 5.92 Å². The maximum atomic E-state index is 11.8. The number of carbonyl (C=O) groups excluding carboxylic acids is 1. The number of nitrogens with zero attached hydrogens (tertiary/aromatic N) is 1. The van der Waals surface area contributed by atoms with Gasteiger partial charge in [0.05, 0.1) is 24.2 Å². The second kappa shape index (κ2) is 6.38. The first-order valence-electron chi connectivity index (χ1n) is 6.05. The van der Waals surface area contributed by atoms with E-state index in [1.165, 1.54) is 0 Å². The van der Waals surface area contributed by atoms with Gasteiger partial charge in [0.2, 0.25) is 0 Å². The van der Waals surface area contributed by atoms with E-state index in [-0.39, 0.29) is 29.5 Å². The molecule has 0 spiro atoms. The summed E-state index contributed by atoms with van der Waals surface area (Å²) in [6.45, 7) is 2.78. The van der Waals surface area contributed by atoms with Crippen LogP contribution in [0.25, 0.3) is 0 Å². The quantitative estimate of drug-likeness (QED) is 0.774. The van der Waals surface area contributed by atoms with Gasteiger partial charge in [-0.3, -0.25) is 0 Å². The first-order valence-corrected chi connectivity index (χ1v) is 7.88. The number of urea groups is 1. The summed E-state index contributed by atoms with van der Waals surface area (Å²) in [4.78, 5) is 13.3. The summed E-state index contributed by atoms with van der Waals surface area (Å²) in [5.74, 6) is 0.471. The van der Waals surface area contributed by atoms with Gasteiger partial charge in [0.15, 0.2) is 9.84 Å². The molecular formula is C11H22N2O4S. The Morgan fingerprint density at radius 2 is 2.22 bits per heavy atom. The van der Waals surface area contributed by atoms with E-state index >= 15 is 0 Å². The van der Waals surface area contributed by atoms with Crippen LogP contribution in [0.15, 0.2) is 0 Å². The van der Waals surface area contributed by atoms with E-state index in [1.54, 1.807) is 19.1 Å². The Hall–Kier alpha value is -0.820. The van der Waals surface area contributed by atoms with E-state index in [0.29, 0.717) is 19.6 Å². The van der Waals surface area contributed by atoms with Crippen LogP contribution in [0.3, 0.4) is 0 Å². The largest absolute Gasteiger partial charge is 0.383 e. The third-order valence-corrected chi connectivity index (χ3v) is 5.10. The molecule has 106 valence electrons. The van der Waals surface area contributed by atoms with Gasteiger partial charge in [-0.25, -0.2) is 13.2 Å². The second-order valence-corrected chi connectivity index (χ2v) is 7.10. The van der Waals surface area contributed by atoms with Crippen LogP contribution >= 0.6 is 0 Å². The van der Waals surface area contributed by atoms with Gasteiger partial charge in [0.1, 0.15) is 0 Å². The Kier molecular flexibility index (Phi) is 5.40. The Bertz CT molecular complexity index is 383. The van der Waals surface area contributed by atoms with Crippen molar-refractivity contribution >= 4 is 15.9 Å². The molecule has 0 aromatic rings. The molecule has 0 aliphatic carbocycles. The fourth-order valence-corrected chi connectivity index (χ4v) is 3.80. The first kappa shape index (κ1) is 15.2. The number of hydrogen-bond donors (Lipinski definition) is 1. The maximum absolute atomic E-state index is 11.8. The molecule has 6 nitrogen and oxygen atoms in total. The SMILES string of the molecule is COC[C@H](C)N(C)C(=O)NC[C@@H]1CCS(=O)(=O)C1. The van der Waals surface area contributed by atoms with Crippen molar-refractivity contribution in [3.05, 3.63) is 0 Å². The van der Waals surface area contributed by atoms with E-state index in [9.17, 15) is 13.2 Å². The number of nitrogens with one attached hydrogen (secondary N) is 1. The lowest BCUT2D eigenvalue weighted by atomic mass is 10.1. The molecule has 0 radical (unpaired) electrons. The van der Waals surface area contributed by atoms with Gasteiger partial charge in [-0.15, -0.1) is 0 Å². The molecule has 1 rings (SSSR count). The zero-order valence-corrected chi connectivity index (χ0v) is 12.0.